The zero-order valence-corrected chi connectivity index (χ0v) is 9.33. The molecule has 0 fully saturated rings. The topological polar surface area (TPSA) is 29.3 Å². The number of nitrogens with two attached hydrogens (primary N) is 1. The van der Waals surface area contributed by atoms with Crippen LogP contribution in [0.5, 0.6) is 0 Å². The molecule has 2 heteroatoms. The van der Waals surface area contributed by atoms with Crippen molar-refractivity contribution < 1.29 is 0 Å². The number of hydrogen-bond donors (Lipinski definition) is 1. The van der Waals surface area contributed by atoms with Crippen LogP contribution in [-0.4, -0.2) is 19.1 Å². The molecule has 0 spiro atoms. The van der Waals surface area contributed by atoms with Crippen molar-refractivity contribution in [3.05, 3.63) is 29.8 Å². The number of likely N-dealkylation sites (N-methyl/N-ethyl adjacent to an activating group) is 1. The fraction of sp³-hybridized carbons (Fsp3) is 0.500. The van der Waals surface area contributed by atoms with Crippen LogP contribution in [0, 0.1) is 6.92 Å². The fourth-order valence-electron chi connectivity index (χ4n) is 1.68. The first-order chi connectivity index (χ1) is 6.69. The molecule has 1 unspecified atom stereocenters. The summed E-state index contributed by atoms with van der Waals surface area (Å²) in [5.41, 5.74) is 8.25. The van der Waals surface area contributed by atoms with Crippen molar-refractivity contribution in [2.45, 2.75) is 26.8 Å². The van der Waals surface area contributed by atoms with E-state index in [0.717, 1.165) is 6.54 Å². The molecular formula is C12H20N2. The van der Waals surface area contributed by atoms with Gasteiger partial charge in [0.15, 0.2) is 0 Å². The first-order valence-electron chi connectivity index (χ1n) is 5.22. The molecule has 0 heterocycles. The molecule has 0 saturated heterocycles. The summed E-state index contributed by atoms with van der Waals surface area (Å²) >= 11 is 0. The predicted octanol–water partition coefficient (Wildman–Crippen LogP) is 2.17. The van der Waals surface area contributed by atoms with Gasteiger partial charge in [0.25, 0.3) is 0 Å². The van der Waals surface area contributed by atoms with Gasteiger partial charge in [0.2, 0.25) is 0 Å². The summed E-state index contributed by atoms with van der Waals surface area (Å²) in [5.74, 6) is 0. The zero-order valence-electron chi connectivity index (χ0n) is 9.33. The maximum absolute atomic E-state index is 5.68. The maximum Gasteiger partial charge on any atom is 0.0383 e. The molecule has 0 amide bonds. The van der Waals surface area contributed by atoms with E-state index in [0.29, 0.717) is 12.6 Å². The summed E-state index contributed by atoms with van der Waals surface area (Å²) in [4.78, 5) is 2.33. The van der Waals surface area contributed by atoms with Crippen LogP contribution in [0.4, 0.5) is 5.69 Å². The summed E-state index contributed by atoms with van der Waals surface area (Å²) in [6, 6.07) is 8.96. The average Bonchev–Trinajstić information content (AvgIpc) is 2.19. The van der Waals surface area contributed by atoms with Crippen LogP contribution in [0.3, 0.4) is 0 Å². The van der Waals surface area contributed by atoms with Crippen LogP contribution < -0.4 is 10.6 Å². The van der Waals surface area contributed by atoms with E-state index in [1.54, 1.807) is 0 Å². The molecule has 1 aromatic rings. The van der Waals surface area contributed by atoms with E-state index in [2.05, 4.69) is 49.9 Å². The van der Waals surface area contributed by atoms with Gasteiger partial charge >= 0.3 is 0 Å². The monoisotopic (exact) mass is 192 g/mol. The lowest BCUT2D eigenvalue weighted by Gasteiger charge is -2.29. The molecule has 0 aliphatic carbocycles. The summed E-state index contributed by atoms with van der Waals surface area (Å²) in [6.07, 6.45) is 0. The van der Waals surface area contributed by atoms with Gasteiger partial charge in [0.05, 0.1) is 0 Å². The lowest BCUT2D eigenvalue weighted by molar-refractivity contribution is 0.657. The number of hydrogen-bond acceptors (Lipinski definition) is 2. The van der Waals surface area contributed by atoms with Crippen LogP contribution in [0.2, 0.25) is 0 Å². The number of anilines is 1. The largest absolute Gasteiger partial charge is 0.368 e. The van der Waals surface area contributed by atoms with Crippen LogP contribution >= 0.6 is 0 Å². The highest BCUT2D eigenvalue weighted by atomic mass is 15.2. The molecule has 0 aliphatic rings. The standard InChI is InChI=1S/C12H20N2/c1-4-14(11(3)9-13)12-7-5-6-10(2)8-12/h5-8,11H,4,9,13H2,1-3H3. The molecular weight excluding hydrogens is 172 g/mol. The zero-order chi connectivity index (χ0) is 10.6. The van der Waals surface area contributed by atoms with Gasteiger partial charge in [-0.05, 0) is 38.5 Å². The van der Waals surface area contributed by atoms with Crippen LogP contribution in [0.1, 0.15) is 19.4 Å². The number of aryl methyl sites for hydroxylation is 1. The van der Waals surface area contributed by atoms with Gasteiger partial charge in [-0.1, -0.05) is 12.1 Å². The molecule has 1 atom stereocenters. The Kier molecular flexibility index (Phi) is 3.96. The van der Waals surface area contributed by atoms with Gasteiger partial charge < -0.3 is 10.6 Å². The van der Waals surface area contributed by atoms with E-state index in [1.165, 1.54) is 11.3 Å². The first kappa shape index (κ1) is 11.1. The molecule has 0 aliphatic heterocycles. The smallest absolute Gasteiger partial charge is 0.0383 e. The third-order valence-corrected chi connectivity index (χ3v) is 2.55. The van der Waals surface area contributed by atoms with Crippen molar-refractivity contribution >= 4 is 5.69 Å². The minimum Gasteiger partial charge on any atom is -0.368 e. The minimum absolute atomic E-state index is 0.404. The summed E-state index contributed by atoms with van der Waals surface area (Å²) in [6.45, 7) is 8.13. The first-order valence-corrected chi connectivity index (χ1v) is 5.22. The molecule has 0 radical (unpaired) electrons. The second kappa shape index (κ2) is 5.01. The second-order valence-corrected chi connectivity index (χ2v) is 3.71. The number of benzene rings is 1. The van der Waals surface area contributed by atoms with Crippen LogP contribution in [0.25, 0.3) is 0 Å². The molecule has 14 heavy (non-hydrogen) atoms. The highest BCUT2D eigenvalue weighted by molar-refractivity contribution is 5.49. The molecule has 2 nitrogen and oxygen atoms in total. The quantitative estimate of drug-likeness (QED) is 0.792. The lowest BCUT2D eigenvalue weighted by Crippen LogP contribution is -2.38. The van der Waals surface area contributed by atoms with E-state index >= 15 is 0 Å². The Hall–Kier alpha value is -1.02. The molecule has 1 aromatic carbocycles. The second-order valence-electron chi connectivity index (χ2n) is 3.71. The normalized spacial score (nSPS) is 12.6. The SMILES string of the molecule is CCN(c1cccc(C)c1)C(C)CN. The van der Waals surface area contributed by atoms with Gasteiger partial charge in [-0.2, -0.15) is 0 Å². The van der Waals surface area contributed by atoms with Crippen molar-refractivity contribution in [2.75, 3.05) is 18.0 Å². The fourth-order valence-corrected chi connectivity index (χ4v) is 1.68. The van der Waals surface area contributed by atoms with Gasteiger partial charge in [-0.15, -0.1) is 0 Å². The number of nitrogens with zero attached hydrogens (tertiary/aromatic N) is 1. The van der Waals surface area contributed by atoms with Crippen LogP contribution in [-0.2, 0) is 0 Å². The number of rotatable bonds is 4. The van der Waals surface area contributed by atoms with Crippen molar-refractivity contribution in [2.24, 2.45) is 5.73 Å². The van der Waals surface area contributed by atoms with Crippen molar-refractivity contribution in [1.82, 2.24) is 0 Å². The molecule has 1 rings (SSSR count). The molecule has 2 N–H and O–H groups in total. The maximum atomic E-state index is 5.68. The van der Waals surface area contributed by atoms with Crippen molar-refractivity contribution in [1.29, 1.82) is 0 Å². The Labute approximate surface area is 86.7 Å². The van der Waals surface area contributed by atoms with E-state index in [1.807, 2.05) is 0 Å². The van der Waals surface area contributed by atoms with Gasteiger partial charge in [0.1, 0.15) is 0 Å². The van der Waals surface area contributed by atoms with Gasteiger partial charge in [0, 0.05) is 24.8 Å². The Bertz CT molecular complexity index is 283. The molecule has 78 valence electrons. The van der Waals surface area contributed by atoms with Crippen LogP contribution in [0.15, 0.2) is 24.3 Å². The highest BCUT2D eigenvalue weighted by Gasteiger charge is 2.10. The Balaban J connectivity index is 2.89. The Morgan fingerprint density at radius 2 is 2.14 bits per heavy atom. The molecule has 0 aromatic heterocycles. The van der Waals surface area contributed by atoms with Crippen molar-refractivity contribution in [3.63, 3.8) is 0 Å². The van der Waals surface area contributed by atoms with Crippen molar-refractivity contribution in [3.8, 4) is 0 Å². The Morgan fingerprint density at radius 3 is 2.64 bits per heavy atom. The van der Waals surface area contributed by atoms with Gasteiger partial charge in [-0.3, -0.25) is 0 Å². The predicted molar refractivity (Wildman–Crippen MR) is 62.7 cm³/mol. The lowest BCUT2D eigenvalue weighted by atomic mass is 10.1. The van der Waals surface area contributed by atoms with E-state index < -0.39 is 0 Å². The third-order valence-electron chi connectivity index (χ3n) is 2.55. The van der Waals surface area contributed by atoms with E-state index in [4.69, 9.17) is 5.73 Å². The third kappa shape index (κ3) is 2.48. The van der Waals surface area contributed by atoms with E-state index in [-0.39, 0.29) is 0 Å². The molecule has 0 saturated carbocycles. The Morgan fingerprint density at radius 1 is 1.43 bits per heavy atom. The summed E-state index contributed by atoms with van der Waals surface area (Å²) < 4.78 is 0. The summed E-state index contributed by atoms with van der Waals surface area (Å²) in [7, 11) is 0. The highest BCUT2D eigenvalue weighted by Crippen LogP contribution is 2.17. The minimum atomic E-state index is 0.404. The molecule has 0 bridgehead atoms. The summed E-state index contributed by atoms with van der Waals surface area (Å²) in [5, 5.41) is 0. The van der Waals surface area contributed by atoms with E-state index in [9.17, 15) is 0 Å². The average molecular weight is 192 g/mol. The van der Waals surface area contributed by atoms with Gasteiger partial charge in [-0.25, -0.2) is 0 Å².